The maximum Gasteiger partial charge on any atom is 0.458 e. The Balaban J connectivity index is 2.05. The minimum absolute atomic E-state index is 0.0434. The van der Waals surface area contributed by atoms with Crippen molar-refractivity contribution in [1.29, 1.82) is 0 Å². The van der Waals surface area contributed by atoms with Crippen molar-refractivity contribution in [3.63, 3.8) is 0 Å². The first-order chi connectivity index (χ1) is 4.76. The zero-order chi connectivity index (χ0) is 7.19. The first-order valence-electron chi connectivity index (χ1n) is 4.12. The lowest BCUT2D eigenvalue weighted by Crippen LogP contribution is -2.25. The number of hydrogen-bond donors (Lipinski definition) is 2. The van der Waals surface area contributed by atoms with Crippen LogP contribution in [0.1, 0.15) is 32.1 Å². The first kappa shape index (κ1) is 6.68. The standard InChI is InChI=1S/C7H13BO2/c9-8(10)7-4-2-1-3-6(7)5-7/h6,9-10H,1-5H2/t6-,7+/m1/s1. The quantitative estimate of drug-likeness (QED) is 0.528. The van der Waals surface area contributed by atoms with E-state index in [0.29, 0.717) is 5.92 Å². The largest absolute Gasteiger partial charge is 0.458 e. The number of rotatable bonds is 1. The zero-order valence-corrected chi connectivity index (χ0v) is 6.08. The molecule has 0 saturated heterocycles. The molecule has 56 valence electrons. The third-order valence-corrected chi connectivity index (χ3v) is 3.24. The molecule has 2 aliphatic carbocycles. The first-order valence-corrected chi connectivity index (χ1v) is 4.12. The fourth-order valence-corrected chi connectivity index (χ4v) is 2.39. The lowest BCUT2D eigenvalue weighted by atomic mass is 9.62. The van der Waals surface area contributed by atoms with Gasteiger partial charge in [0.1, 0.15) is 0 Å². The van der Waals surface area contributed by atoms with Crippen molar-refractivity contribution in [3.05, 3.63) is 0 Å². The van der Waals surface area contributed by atoms with Gasteiger partial charge in [0.2, 0.25) is 0 Å². The molecular formula is C7H13BO2. The van der Waals surface area contributed by atoms with Gasteiger partial charge in [-0.2, -0.15) is 0 Å². The fourth-order valence-electron chi connectivity index (χ4n) is 2.39. The van der Waals surface area contributed by atoms with E-state index in [1.807, 2.05) is 0 Å². The summed E-state index contributed by atoms with van der Waals surface area (Å²) in [6, 6.07) is 0. The molecule has 0 aromatic heterocycles. The molecule has 2 aliphatic rings. The summed E-state index contributed by atoms with van der Waals surface area (Å²) in [5, 5.41) is 18.0. The molecule has 0 aliphatic heterocycles. The molecule has 0 unspecified atom stereocenters. The summed E-state index contributed by atoms with van der Waals surface area (Å²) < 4.78 is 0. The van der Waals surface area contributed by atoms with Gasteiger partial charge in [0, 0.05) is 5.31 Å². The minimum atomic E-state index is -1.04. The minimum Gasteiger partial charge on any atom is -0.427 e. The molecule has 0 spiro atoms. The van der Waals surface area contributed by atoms with E-state index in [-0.39, 0.29) is 5.31 Å². The molecule has 10 heavy (non-hydrogen) atoms. The Hall–Kier alpha value is -0.0151. The molecule has 0 heterocycles. The molecule has 0 amide bonds. The van der Waals surface area contributed by atoms with Crippen LogP contribution in [0.3, 0.4) is 0 Å². The topological polar surface area (TPSA) is 40.5 Å². The van der Waals surface area contributed by atoms with Crippen molar-refractivity contribution in [2.24, 2.45) is 5.92 Å². The summed E-state index contributed by atoms with van der Waals surface area (Å²) in [4.78, 5) is 0. The Bertz CT molecular complexity index is 149. The van der Waals surface area contributed by atoms with Gasteiger partial charge in [-0.3, -0.25) is 0 Å². The molecule has 0 bridgehead atoms. The van der Waals surface area contributed by atoms with Gasteiger partial charge in [0.15, 0.2) is 0 Å². The van der Waals surface area contributed by atoms with E-state index < -0.39 is 7.12 Å². The normalized spacial score (nSPS) is 44.4. The van der Waals surface area contributed by atoms with Crippen molar-refractivity contribution in [3.8, 4) is 0 Å². The Labute approximate surface area is 61.4 Å². The lowest BCUT2D eigenvalue weighted by molar-refractivity contribution is 0.344. The van der Waals surface area contributed by atoms with Crippen LogP contribution < -0.4 is 0 Å². The summed E-state index contributed by atoms with van der Waals surface area (Å²) in [6.45, 7) is 0. The van der Waals surface area contributed by atoms with Crippen molar-refractivity contribution in [1.82, 2.24) is 0 Å². The van der Waals surface area contributed by atoms with Gasteiger partial charge in [-0.1, -0.05) is 19.3 Å². The zero-order valence-electron chi connectivity index (χ0n) is 6.08. The van der Waals surface area contributed by atoms with E-state index in [0.717, 1.165) is 12.8 Å². The highest BCUT2D eigenvalue weighted by Gasteiger charge is 2.61. The van der Waals surface area contributed by atoms with Gasteiger partial charge >= 0.3 is 7.12 Å². The second-order valence-electron chi connectivity index (χ2n) is 3.75. The Morgan fingerprint density at radius 3 is 2.60 bits per heavy atom. The molecule has 2 atom stereocenters. The third-order valence-electron chi connectivity index (χ3n) is 3.24. The van der Waals surface area contributed by atoms with Gasteiger partial charge < -0.3 is 10.0 Å². The molecule has 2 rings (SSSR count). The van der Waals surface area contributed by atoms with Crippen LogP contribution in [0.5, 0.6) is 0 Å². The lowest BCUT2D eigenvalue weighted by Gasteiger charge is -2.20. The van der Waals surface area contributed by atoms with Crippen molar-refractivity contribution < 1.29 is 10.0 Å². The smallest absolute Gasteiger partial charge is 0.427 e. The van der Waals surface area contributed by atoms with Crippen molar-refractivity contribution >= 4 is 7.12 Å². The van der Waals surface area contributed by atoms with E-state index in [9.17, 15) is 0 Å². The highest BCUT2D eigenvalue weighted by Crippen LogP contribution is 2.68. The summed E-state index contributed by atoms with van der Waals surface area (Å²) in [5.74, 6) is 0.640. The van der Waals surface area contributed by atoms with Gasteiger partial charge in [-0.15, -0.1) is 0 Å². The molecule has 2 nitrogen and oxygen atoms in total. The predicted octanol–water partition coefficient (Wildman–Crippen LogP) is 0.793. The van der Waals surface area contributed by atoms with Crippen LogP contribution in [-0.2, 0) is 0 Å². The molecular weight excluding hydrogens is 127 g/mol. The molecule has 2 saturated carbocycles. The highest BCUT2D eigenvalue weighted by atomic mass is 16.4. The van der Waals surface area contributed by atoms with Crippen LogP contribution in [0.25, 0.3) is 0 Å². The molecule has 0 radical (unpaired) electrons. The van der Waals surface area contributed by atoms with Crippen LogP contribution in [0.2, 0.25) is 5.31 Å². The predicted molar refractivity (Wildman–Crippen MR) is 39.5 cm³/mol. The average Bonchev–Trinajstić information content (AvgIpc) is 2.61. The van der Waals surface area contributed by atoms with Crippen molar-refractivity contribution in [2.75, 3.05) is 0 Å². The maximum atomic E-state index is 9.03. The highest BCUT2D eigenvalue weighted by molar-refractivity contribution is 6.47. The SMILES string of the molecule is OB(O)[C@]12CCCC[C@@H]1C2. The summed E-state index contributed by atoms with van der Waals surface area (Å²) in [6.07, 6.45) is 5.80. The average molecular weight is 140 g/mol. The van der Waals surface area contributed by atoms with E-state index in [2.05, 4.69) is 0 Å². The second-order valence-corrected chi connectivity index (χ2v) is 3.75. The molecule has 0 aromatic carbocycles. The monoisotopic (exact) mass is 140 g/mol. The van der Waals surface area contributed by atoms with Gasteiger partial charge in [-0.25, -0.2) is 0 Å². The Kier molecular flexibility index (Phi) is 1.33. The van der Waals surface area contributed by atoms with Crippen LogP contribution in [0, 0.1) is 5.92 Å². The Morgan fingerprint density at radius 2 is 2.10 bits per heavy atom. The molecule has 0 aromatic rings. The van der Waals surface area contributed by atoms with Crippen LogP contribution in [-0.4, -0.2) is 17.2 Å². The van der Waals surface area contributed by atoms with Crippen LogP contribution in [0.15, 0.2) is 0 Å². The number of fused-ring (bicyclic) bond motifs is 1. The molecule has 3 heteroatoms. The maximum absolute atomic E-state index is 9.03. The van der Waals surface area contributed by atoms with E-state index in [1.54, 1.807) is 0 Å². The summed E-state index contributed by atoms with van der Waals surface area (Å²) in [7, 11) is -1.04. The van der Waals surface area contributed by atoms with Gasteiger partial charge in [0.05, 0.1) is 0 Å². The number of hydrogen-bond acceptors (Lipinski definition) is 2. The van der Waals surface area contributed by atoms with Crippen molar-refractivity contribution in [2.45, 2.75) is 37.4 Å². The van der Waals surface area contributed by atoms with E-state index in [4.69, 9.17) is 10.0 Å². The van der Waals surface area contributed by atoms with Crippen LogP contribution in [0.4, 0.5) is 0 Å². The third kappa shape index (κ3) is 0.737. The fraction of sp³-hybridized carbons (Fsp3) is 1.00. The Morgan fingerprint density at radius 1 is 1.30 bits per heavy atom. The molecule has 2 fully saturated rings. The summed E-state index contributed by atoms with van der Waals surface area (Å²) >= 11 is 0. The molecule has 2 N–H and O–H groups in total. The van der Waals surface area contributed by atoms with Gasteiger partial charge in [-0.05, 0) is 18.8 Å². The van der Waals surface area contributed by atoms with E-state index >= 15 is 0 Å². The van der Waals surface area contributed by atoms with E-state index in [1.165, 1.54) is 19.3 Å². The van der Waals surface area contributed by atoms with Crippen LogP contribution >= 0.6 is 0 Å². The summed E-state index contributed by atoms with van der Waals surface area (Å²) in [5.41, 5.74) is 0. The van der Waals surface area contributed by atoms with Gasteiger partial charge in [0.25, 0.3) is 0 Å². The second kappa shape index (κ2) is 1.99.